The van der Waals surface area contributed by atoms with Crippen LogP contribution in [-0.4, -0.2) is 27.6 Å². The number of aromatic nitrogens is 2. The number of hydrogen-bond donors (Lipinski definition) is 1. The van der Waals surface area contributed by atoms with Crippen molar-refractivity contribution in [2.75, 3.05) is 0 Å². The lowest BCUT2D eigenvalue weighted by molar-refractivity contribution is -0.150. The molecule has 4 rings (SSSR count). The number of esters is 1. The van der Waals surface area contributed by atoms with Crippen molar-refractivity contribution < 1.29 is 18.8 Å². The minimum atomic E-state index is -0.594. The van der Waals surface area contributed by atoms with Crippen molar-refractivity contribution in [3.63, 3.8) is 0 Å². The van der Waals surface area contributed by atoms with Crippen LogP contribution in [0.2, 0.25) is 0 Å². The van der Waals surface area contributed by atoms with Gasteiger partial charge in [-0.2, -0.15) is 0 Å². The van der Waals surface area contributed by atoms with E-state index in [1.807, 2.05) is 12.1 Å². The molecule has 1 aliphatic carbocycles. The van der Waals surface area contributed by atoms with E-state index in [0.717, 1.165) is 31.2 Å². The molecule has 7 heteroatoms. The number of rotatable bonds is 4. The number of ether oxygens (including phenoxy) is 1. The van der Waals surface area contributed by atoms with E-state index in [-0.39, 0.29) is 24.8 Å². The maximum absolute atomic E-state index is 12.6. The summed E-state index contributed by atoms with van der Waals surface area (Å²) in [5.41, 5.74) is 0.927. The largest absolute Gasteiger partial charge is 0.458 e. The zero-order valence-corrected chi connectivity index (χ0v) is 13.7. The second-order valence-electron chi connectivity index (χ2n) is 6.64. The van der Waals surface area contributed by atoms with Crippen LogP contribution in [0.5, 0.6) is 0 Å². The molecule has 2 aromatic heterocycles. The lowest BCUT2D eigenvalue weighted by Crippen LogP contribution is -2.42. The molecule has 0 unspecified atom stereocenters. The third-order valence-corrected chi connectivity index (χ3v) is 5.04. The summed E-state index contributed by atoms with van der Waals surface area (Å²) in [7, 11) is 0. The first kappa shape index (κ1) is 15.8. The standard InChI is InChI=1S/C18H19N3O4/c22-16-9-14(18(24-16)5-1-2-6-18)17(23)20-11-13-8-15(21-25-13)12-4-3-7-19-10-12/h3-4,7-8,10,14H,1-2,5-6,9,11H2,(H,20,23)/t14-/m0/s1. The molecule has 1 saturated heterocycles. The van der Waals surface area contributed by atoms with Crippen molar-refractivity contribution >= 4 is 11.9 Å². The highest BCUT2D eigenvalue weighted by atomic mass is 16.6. The van der Waals surface area contributed by atoms with Gasteiger partial charge in [0.15, 0.2) is 5.76 Å². The monoisotopic (exact) mass is 341 g/mol. The van der Waals surface area contributed by atoms with Gasteiger partial charge in [0, 0.05) is 24.0 Å². The smallest absolute Gasteiger partial charge is 0.307 e. The normalized spacial score (nSPS) is 21.4. The molecule has 2 aromatic rings. The Balaban J connectivity index is 1.41. The molecule has 0 bridgehead atoms. The Bertz CT molecular complexity index is 781. The van der Waals surface area contributed by atoms with E-state index in [1.54, 1.807) is 18.5 Å². The topological polar surface area (TPSA) is 94.3 Å². The van der Waals surface area contributed by atoms with E-state index in [2.05, 4.69) is 15.5 Å². The second kappa shape index (κ2) is 6.31. The maximum Gasteiger partial charge on any atom is 0.307 e. The van der Waals surface area contributed by atoms with Crippen molar-refractivity contribution in [1.29, 1.82) is 0 Å². The van der Waals surface area contributed by atoms with Crippen LogP contribution in [0.1, 0.15) is 37.9 Å². The van der Waals surface area contributed by atoms with Gasteiger partial charge in [0.25, 0.3) is 0 Å². The first-order valence-corrected chi connectivity index (χ1v) is 8.52. The number of carbonyl (C=O) groups excluding carboxylic acids is 2. The highest BCUT2D eigenvalue weighted by molar-refractivity contribution is 5.87. The third kappa shape index (κ3) is 3.01. The fourth-order valence-electron chi connectivity index (χ4n) is 3.79. The number of nitrogens with zero attached hydrogens (tertiary/aromatic N) is 2. The van der Waals surface area contributed by atoms with E-state index >= 15 is 0 Å². The lowest BCUT2D eigenvalue weighted by atomic mass is 9.85. The molecule has 1 saturated carbocycles. The number of hydrogen-bond acceptors (Lipinski definition) is 6. The Morgan fingerprint density at radius 3 is 2.96 bits per heavy atom. The summed E-state index contributed by atoms with van der Waals surface area (Å²) in [6.07, 6.45) is 7.07. The minimum absolute atomic E-state index is 0.156. The summed E-state index contributed by atoms with van der Waals surface area (Å²) in [5, 5.41) is 6.86. The van der Waals surface area contributed by atoms with Crippen LogP contribution < -0.4 is 5.32 Å². The number of carbonyl (C=O) groups is 2. The van der Waals surface area contributed by atoms with Crippen LogP contribution >= 0.6 is 0 Å². The van der Waals surface area contributed by atoms with Crippen LogP contribution in [0, 0.1) is 5.92 Å². The Labute approximate surface area is 144 Å². The first-order chi connectivity index (χ1) is 12.2. The molecule has 25 heavy (non-hydrogen) atoms. The maximum atomic E-state index is 12.6. The zero-order valence-electron chi connectivity index (χ0n) is 13.7. The van der Waals surface area contributed by atoms with Crippen LogP contribution in [0.15, 0.2) is 35.1 Å². The molecule has 130 valence electrons. The summed E-state index contributed by atoms with van der Waals surface area (Å²) in [6.45, 7) is 0.229. The SMILES string of the molecule is O=C1C[C@@H](C(=O)NCc2cc(-c3cccnc3)no2)C2(CCCC2)O1. The highest BCUT2D eigenvalue weighted by Crippen LogP contribution is 2.45. The van der Waals surface area contributed by atoms with Gasteiger partial charge in [0.1, 0.15) is 11.3 Å². The van der Waals surface area contributed by atoms with Crippen LogP contribution in [0.25, 0.3) is 11.3 Å². The number of amides is 1. The van der Waals surface area contributed by atoms with E-state index < -0.39 is 11.5 Å². The van der Waals surface area contributed by atoms with Crippen LogP contribution in [0.3, 0.4) is 0 Å². The molecule has 2 aliphatic rings. The van der Waals surface area contributed by atoms with Crippen molar-refractivity contribution in [1.82, 2.24) is 15.5 Å². The van der Waals surface area contributed by atoms with Crippen molar-refractivity contribution in [2.24, 2.45) is 5.92 Å². The van der Waals surface area contributed by atoms with Crippen molar-refractivity contribution in [3.05, 3.63) is 36.4 Å². The van der Waals surface area contributed by atoms with Gasteiger partial charge in [0.2, 0.25) is 5.91 Å². The fraction of sp³-hybridized carbons (Fsp3) is 0.444. The molecule has 1 spiro atoms. The molecule has 0 radical (unpaired) electrons. The predicted octanol–water partition coefficient (Wildman–Crippen LogP) is 2.23. The molecule has 1 N–H and O–H groups in total. The average molecular weight is 341 g/mol. The van der Waals surface area contributed by atoms with E-state index in [9.17, 15) is 9.59 Å². The molecule has 1 atom stereocenters. The first-order valence-electron chi connectivity index (χ1n) is 8.52. The van der Waals surface area contributed by atoms with E-state index in [1.165, 1.54) is 0 Å². The van der Waals surface area contributed by atoms with Crippen LogP contribution in [-0.2, 0) is 20.9 Å². The molecule has 2 fully saturated rings. The van der Waals surface area contributed by atoms with Gasteiger partial charge in [-0.05, 0) is 37.8 Å². The minimum Gasteiger partial charge on any atom is -0.458 e. The molecular formula is C18H19N3O4. The molecule has 1 amide bonds. The van der Waals surface area contributed by atoms with Crippen molar-refractivity contribution in [2.45, 2.75) is 44.2 Å². The van der Waals surface area contributed by atoms with Gasteiger partial charge in [0.05, 0.1) is 18.9 Å². The number of nitrogens with one attached hydrogen (secondary N) is 1. The predicted molar refractivity (Wildman–Crippen MR) is 87.0 cm³/mol. The Morgan fingerprint density at radius 2 is 2.20 bits per heavy atom. The van der Waals surface area contributed by atoms with Gasteiger partial charge >= 0.3 is 5.97 Å². The summed E-state index contributed by atoms with van der Waals surface area (Å²) >= 11 is 0. The summed E-state index contributed by atoms with van der Waals surface area (Å²) in [6, 6.07) is 5.49. The fourth-order valence-corrected chi connectivity index (χ4v) is 3.79. The van der Waals surface area contributed by atoms with Gasteiger partial charge in [-0.1, -0.05) is 5.16 Å². The highest BCUT2D eigenvalue weighted by Gasteiger charge is 2.53. The van der Waals surface area contributed by atoms with Gasteiger partial charge in [-0.3, -0.25) is 14.6 Å². The average Bonchev–Trinajstić information content (AvgIpc) is 3.35. The van der Waals surface area contributed by atoms with E-state index in [4.69, 9.17) is 9.26 Å². The Morgan fingerprint density at radius 1 is 1.36 bits per heavy atom. The Kier molecular flexibility index (Phi) is 3.99. The molecule has 7 nitrogen and oxygen atoms in total. The summed E-state index contributed by atoms with van der Waals surface area (Å²) in [5.74, 6) is -0.297. The van der Waals surface area contributed by atoms with E-state index in [0.29, 0.717) is 11.5 Å². The summed E-state index contributed by atoms with van der Waals surface area (Å²) < 4.78 is 10.8. The lowest BCUT2D eigenvalue weighted by Gasteiger charge is -2.27. The Hall–Kier alpha value is -2.70. The van der Waals surface area contributed by atoms with Gasteiger partial charge in [-0.25, -0.2) is 0 Å². The third-order valence-electron chi connectivity index (χ3n) is 5.04. The van der Waals surface area contributed by atoms with Crippen molar-refractivity contribution in [3.8, 4) is 11.3 Å². The molecule has 3 heterocycles. The van der Waals surface area contributed by atoms with Crippen LogP contribution in [0.4, 0.5) is 0 Å². The summed E-state index contributed by atoms with van der Waals surface area (Å²) in [4.78, 5) is 28.4. The molecular weight excluding hydrogens is 322 g/mol. The zero-order chi connectivity index (χ0) is 17.3. The quantitative estimate of drug-likeness (QED) is 0.857. The second-order valence-corrected chi connectivity index (χ2v) is 6.64. The van der Waals surface area contributed by atoms with Gasteiger partial charge < -0.3 is 14.6 Å². The molecule has 0 aromatic carbocycles. The van der Waals surface area contributed by atoms with Gasteiger partial charge in [-0.15, -0.1) is 0 Å². The number of pyridine rings is 1. The molecule has 1 aliphatic heterocycles.